The zero-order valence-corrected chi connectivity index (χ0v) is 12.5. The van der Waals surface area contributed by atoms with Gasteiger partial charge in [-0.25, -0.2) is 0 Å². The Labute approximate surface area is 120 Å². The zero-order valence-electron chi connectivity index (χ0n) is 12.5. The van der Waals surface area contributed by atoms with Gasteiger partial charge in [-0.2, -0.15) is 0 Å². The molecule has 0 saturated carbocycles. The van der Waals surface area contributed by atoms with Crippen LogP contribution in [0.3, 0.4) is 0 Å². The molecule has 2 aliphatic rings. The maximum atomic E-state index is 10.6. The van der Waals surface area contributed by atoms with Gasteiger partial charge in [-0.05, 0) is 19.3 Å². The summed E-state index contributed by atoms with van der Waals surface area (Å²) < 4.78 is 1.80. The smallest absolute Gasteiger partial charge is 0.198 e. The van der Waals surface area contributed by atoms with Gasteiger partial charge in [-0.1, -0.05) is 45.3 Å². The third-order valence-corrected chi connectivity index (χ3v) is 5.03. The molecule has 0 radical (unpaired) electrons. The number of unbranched alkanes of at least 4 members (excludes halogenated alkanes) is 2. The lowest BCUT2D eigenvalue weighted by Crippen LogP contribution is -2.08. The first-order valence-electron chi connectivity index (χ1n) is 8.03. The Morgan fingerprint density at radius 1 is 1.10 bits per heavy atom. The van der Waals surface area contributed by atoms with Crippen molar-refractivity contribution in [3.8, 4) is 11.8 Å². The van der Waals surface area contributed by atoms with Crippen LogP contribution in [0, 0.1) is 0 Å². The van der Waals surface area contributed by atoms with Crippen molar-refractivity contribution in [1.29, 1.82) is 0 Å². The van der Waals surface area contributed by atoms with E-state index in [1.807, 2.05) is 0 Å². The van der Waals surface area contributed by atoms with Crippen molar-refractivity contribution >= 4 is 0 Å². The van der Waals surface area contributed by atoms with Gasteiger partial charge >= 0.3 is 0 Å². The van der Waals surface area contributed by atoms with Gasteiger partial charge in [0.25, 0.3) is 0 Å². The number of aromatic hydroxyl groups is 2. The highest BCUT2D eigenvalue weighted by molar-refractivity contribution is 5.58. The lowest BCUT2D eigenvalue weighted by Gasteiger charge is -2.20. The van der Waals surface area contributed by atoms with Crippen LogP contribution >= 0.6 is 0 Å². The van der Waals surface area contributed by atoms with Gasteiger partial charge < -0.3 is 10.2 Å². The number of rotatable bonds is 6. The normalized spacial score (nSPS) is 24.3. The molecule has 0 amide bonds. The predicted molar refractivity (Wildman–Crippen MR) is 80.5 cm³/mol. The van der Waals surface area contributed by atoms with E-state index >= 15 is 0 Å². The van der Waals surface area contributed by atoms with Crippen molar-refractivity contribution in [2.75, 3.05) is 0 Å². The van der Waals surface area contributed by atoms with Gasteiger partial charge in [-0.15, -0.1) is 0 Å². The fourth-order valence-electron chi connectivity index (χ4n) is 3.95. The maximum absolute atomic E-state index is 10.6. The Bertz CT molecular complexity index is 494. The third-order valence-electron chi connectivity index (χ3n) is 5.03. The van der Waals surface area contributed by atoms with Crippen LogP contribution in [0.25, 0.3) is 0 Å². The molecule has 0 spiro atoms. The minimum absolute atomic E-state index is 0.214. The molecule has 3 atom stereocenters. The van der Waals surface area contributed by atoms with E-state index in [4.69, 9.17) is 0 Å². The van der Waals surface area contributed by atoms with Crippen molar-refractivity contribution in [2.45, 2.75) is 70.3 Å². The molecule has 0 saturated heterocycles. The second-order valence-electron chi connectivity index (χ2n) is 6.24. The molecule has 0 aliphatic heterocycles. The van der Waals surface area contributed by atoms with Crippen molar-refractivity contribution < 1.29 is 10.2 Å². The minimum Gasteiger partial charge on any atom is -0.494 e. The van der Waals surface area contributed by atoms with Gasteiger partial charge in [0.1, 0.15) is 0 Å². The number of hydrogen-bond acceptors (Lipinski definition) is 2. The predicted octanol–water partition coefficient (Wildman–Crippen LogP) is 4.57. The maximum Gasteiger partial charge on any atom is 0.198 e. The van der Waals surface area contributed by atoms with E-state index in [2.05, 4.69) is 26.0 Å². The highest BCUT2D eigenvalue weighted by Crippen LogP contribution is 2.57. The van der Waals surface area contributed by atoms with Crippen molar-refractivity contribution in [3.63, 3.8) is 0 Å². The molecule has 0 aromatic carbocycles. The van der Waals surface area contributed by atoms with Gasteiger partial charge in [0.05, 0.1) is 0 Å². The summed E-state index contributed by atoms with van der Waals surface area (Å²) in [6.07, 6.45) is 10.9. The van der Waals surface area contributed by atoms with Crippen molar-refractivity contribution in [3.05, 3.63) is 23.3 Å². The molecule has 3 nitrogen and oxygen atoms in total. The molecule has 0 fully saturated rings. The molecule has 3 unspecified atom stereocenters. The average molecular weight is 275 g/mol. The Hall–Kier alpha value is -1.38. The molecule has 110 valence electrons. The quantitative estimate of drug-likeness (QED) is 0.590. The topological polar surface area (TPSA) is 45.4 Å². The number of aromatic nitrogens is 1. The SMILES string of the molecule is CCCCCC(CC)n1c(O)c2c(c1O)C1C=CC2C1. The Morgan fingerprint density at radius 3 is 2.20 bits per heavy atom. The first-order chi connectivity index (χ1) is 9.69. The van der Waals surface area contributed by atoms with E-state index in [9.17, 15) is 10.2 Å². The van der Waals surface area contributed by atoms with E-state index in [0.29, 0.717) is 23.6 Å². The first kappa shape index (κ1) is 13.6. The molecule has 1 aromatic rings. The van der Waals surface area contributed by atoms with Crippen LogP contribution in [0.1, 0.15) is 81.4 Å². The molecular formula is C17H25NO2. The second kappa shape index (κ2) is 5.19. The van der Waals surface area contributed by atoms with Crippen LogP contribution in [-0.4, -0.2) is 14.8 Å². The molecule has 2 N–H and O–H groups in total. The molecule has 2 bridgehead atoms. The highest BCUT2D eigenvalue weighted by Gasteiger charge is 2.41. The standard InChI is InChI=1S/C17H25NO2/c1-3-5-6-7-13(4-2)18-16(19)14-11-8-9-12(10-11)15(14)17(18)20/h8-9,11-13,19-20H,3-7,10H2,1-2H3. The number of nitrogens with zero attached hydrogens (tertiary/aromatic N) is 1. The van der Waals surface area contributed by atoms with E-state index in [1.165, 1.54) is 12.8 Å². The minimum atomic E-state index is 0.214. The molecular weight excluding hydrogens is 250 g/mol. The molecule has 1 aromatic heterocycles. The third kappa shape index (κ3) is 1.87. The number of fused-ring (bicyclic) bond motifs is 5. The van der Waals surface area contributed by atoms with Crippen molar-refractivity contribution in [2.24, 2.45) is 0 Å². The van der Waals surface area contributed by atoms with Gasteiger partial charge in [0.15, 0.2) is 11.8 Å². The van der Waals surface area contributed by atoms with Crippen LogP contribution in [0.5, 0.6) is 11.8 Å². The first-order valence-corrected chi connectivity index (χ1v) is 8.03. The fourth-order valence-corrected chi connectivity index (χ4v) is 3.95. The summed E-state index contributed by atoms with van der Waals surface area (Å²) in [5, 5.41) is 21.2. The highest BCUT2D eigenvalue weighted by atomic mass is 16.3. The zero-order chi connectivity index (χ0) is 14.3. The molecule has 1 heterocycles. The summed E-state index contributed by atoms with van der Waals surface area (Å²) >= 11 is 0. The molecule has 2 aliphatic carbocycles. The Balaban J connectivity index is 1.91. The largest absolute Gasteiger partial charge is 0.494 e. The molecule has 3 rings (SSSR count). The van der Waals surface area contributed by atoms with Crippen LogP contribution in [0.2, 0.25) is 0 Å². The summed E-state index contributed by atoms with van der Waals surface area (Å²) in [5.74, 6) is 1.26. The summed E-state index contributed by atoms with van der Waals surface area (Å²) in [7, 11) is 0. The van der Waals surface area contributed by atoms with Crippen LogP contribution in [-0.2, 0) is 0 Å². The van der Waals surface area contributed by atoms with Crippen molar-refractivity contribution in [1.82, 2.24) is 4.57 Å². The van der Waals surface area contributed by atoms with Gasteiger partial charge in [0.2, 0.25) is 0 Å². The van der Waals surface area contributed by atoms with Crippen LogP contribution in [0.4, 0.5) is 0 Å². The average Bonchev–Trinajstić information content (AvgIpc) is 3.11. The number of allylic oxidation sites excluding steroid dienone is 2. The molecule has 20 heavy (non-hydrogen) atoms. The Kier molecular flexibility index (Phi) is 3.53. The van der Waals surface area contributed by atoms with E-state index in [1.54, 1.807) is 4.57 Å². The summed E-state index contributed by atoms with van der Waals surface area (Å²) in [6, 6.07) is 0.214. The van der Waals surface area contributed by atoms with Crippen LogP contribution < -0.4 is 0 Å². The van der Waals surface area contributed by atoms with Gasteiger partial charge in [0, 0.05) is 29.0 Å². The summed E-state index contributed by atoms with van der Waals surface area (Å²) in [4.78, 5) is 0. The van der Waals surface area contributed by atoms with Crippen LogP contribution in [0.15, 0.2) is 12.2 Å². The lowest BCUT2D eigenvalue weighted by molar-refractivity contribution is 0.308. The van der Waals surface area contributed by atoms with E-state index in [-0.39, 0.29) is 6.04 Å². The summed E-state index contributed by atoms with van der Waals surface area (Å²) in [6.45, 7) is 4.33. The monoisotopic (exact) mass is 275 g/mol. The fraction of sp³-hybridized carbons (Fsp3) is 0.647. The van der Waals surface area contributed by atoms with E-state index < -0.39 is 0 Å². The lowest BCUT2D eigenvalue weighted by atomic mass is 10.0. The summed E-state index contributed by atoms with van der Waals surface area (Å²) in [5.41, 5.74) is 1.98. The molecule has 3 heteroatoms. The van der Waals surface area contributed by atoms with E-state index in [0.717, 1.165) is 36.8 Å². The second-order valence-corrected chi connectivity index (χ2v) is 6.24. The van der Waals surface area contributed by atoms with Gasteiger partial charge in [-0.3, -0.25) is 4.57 Å². The Morgan fingerprint density at radius 2 is 1.70 bits per heavy atom. The number of hydrogen-bond donors (Lipinski definition) is 2.